The van der Waals surface area contributed by atoms with Crippen LogP contribution in [-0.2, 0) is 11.2 Å². The standard InChI is InChI=1S/C23H23N3O4/c27-20(18-6-8-21-22(14-18)30-13-12-29-21)7-9-23(28)24-11-10-17-15-25-26(16-17)19-4-2-1-3-5-19/h1-6,8,14-16H,7,9-13H2,(H,24,28). The summed E-state index contributed by atoms with van der Waals surface area (Å²) in [4.78, 5) is 24.5. The average Bonchev–Trinajstić information content (AvgIpc) is 3.26. The number of rotatable bonds is 8. The molecule has 0 unspecified atom stereocenters. The van der Waals surface area contributed by atoms with Gasteiger partial charge < -0.3 is 14.8 Å². The minimum atomic E-state index is -0.142. The molecule has 3 aromatic rings. The number of hydrogen-bond acceptors (Lipinski definition) is 5. The van der Waals surface area contributed by atoms with Crippen molar-refractivity contribution < 1.29 is 19.1 Å². The molecular weight excluding hydrogens is 382 g/mol. The highest BCUT2D eigenvalue weighted by Gasteiger charge is 2.15. The first-order valence-corrected chi connectivity index (χ1v) is 9.97. The number of ketones is 1. The summed E-state index contributed by atoms with van der Waals surface area (Å²) < 4.78 is 12.8. The van der Waals surface area contributed by atoms with Gasteiger partial charge in [0.2, 0.25) is 5.91 Å². The lowest BCUT2D eigenvalue weighted by Gasteiger charge is -2.18. The maximum absolute atomic E-state index is 12.4. The molecule has 0 bridgehead atoms. The number of ether oxygens (including phenoxy) is 2. The summed E-state index contributed by atoms with van der Waals surface area (Å²) in [6.45, 7) is 1.47. The lowest BCUT2D eigenvalue weighted by atomic mass is 10.1. The maximum atomic E-state index is 12.4. The highest BCUT2D eigenvalue weighted by Crippen LogP contribution is 2.31. The Morgan fingerprint density at radius 3 is 2.63 bits per heavy atom. The van der Waals surface area contributed by atoms with E-state index < -0.39 is 0 Å². The number of amides is 1. The van der Waals surface area contributed by atoms with Crippen LogP contribution in [0.1, 0.15) is 28.8 Å². The number of para-hydroxylation sites is 1. The zero-order valence-corrected chi connectivity index (χ0v) is 16.5. The van der Waals surface area contributed by atoms with Gasteiger partial charge in [-0.05, 0) is 42.3 Å². The van der Waals surface area contributed by atoms with Crippen LogP contribution >= 0.6 is 0 Å². The molecule has 1 aromatic heterocycles. The molecule has 30 heavy (non-hydrogen) atoms. The van der Waals surface area contributed by atoms with E-state index in [-0.39, 0.29) is 24.5 Å². The van der Waals surface area contributed by atoms with Crippen molar-refractivity contribution >= 4 is 11.7 Å². The predicted molar refractivity (Wildman–Crippen MR) is 111 cm³/mol. The first-order valence-electron chi connectivity index (χ1n) is 9.97. The van der Waals surface area contributed by atoms with Crippen molar-refractivity contribution in [1.82, 2.24) is 15.1 Å². The van der Waals surface area contributed by atoms with Crippen LogP contribution in [0.15, 0.2) is 60.9 Å². The van der Waals surface area contributed by atoms with Crippen molar-refractivity contribution in [3.63, 3.8) is 0 Å². The zero-order chi connectivity index (χ0) is 20.8. The number of aromatic nitrogens is 2. The number of benzene rings is 2. The lowest BCUT2D eigenvalue weighted by molar-refractivity contribution is -0.121. The Kier molecular flexibility index (Phi) is 6.08. The predicted octanol–water partition coefficient (Wildman–Crippen LogP) is 2.97. The summed E-state index contributed by atoms with van der Waals surface area (Å²) in [5, 5.41) is 7.21. The van der Waals surface area contributed by atoms with Gasteiger partial charge in [-0.15, -0.1) is 0 Å². The van der Waals surface area contributed by atoms with Gasteiger partial charge in [-0.3, -0.25) is 9.59 Å². The topological polar surface area (TPSA) is 82.5 Å². The molecule has 0 spiro atoms. The van der Waals surface area contributed by atoms with E-state index in [1.807, 2.05) is 41.2 Å². The monoisotopic (exact) mass is 405 g/mol. The summed E-state index contributed by atoms with van der Waals surface area (Å²) in [6, 6.07) is 15.0. The maximum Gasteiger partial charge on any atom is 0.220 e. The normalized spacial score (nSPS) is 12.4. The molecule has 1 aliphatic rings. The van der Waals surface area contributed by atoms with Crippen molar-refractivity contribution in [2.24, 2.45) is 0 Å². The third-order valence-corrected chi connectivity index (χ3v) is 4.84. The number of hydrogen-bond donors (Lipinski definition) is 1. The molecular formula is C23H23N3O4. The van der Waals surface area contributed by atoms with Crippen LogP contribution in [0.2, 0.25) is 0 Å². The summed E-state index contributed by atoms with van der Waals surface area (Å²) in [5.74, 6) is 0.987. The van der Waals surface area contributed by atoms with Gasteiger partial charge in [0.1, 0.15) is 13.2 Å². The van der Waals surface area contributed by atoms with Crippen LogP contribution in [0.25, 0.3) is 5.69 Å². The van der Waals surface area contributed by atoms with Crippen molar-refractivity contribution in [3.05, 3.63) is 72.1 Å². The van der Waals surface area contributed by atoms with Gasteiger partial charge in [0.25, 0.3) is 0 Å². The SMILES string of the molecule is O=C(CCC(=O)c1ccc2c(c1)OCCO2)NCCc1cnn(-c2ccccc2)c1. The van der Waals surface area contributed by atoms with E-state index in [4.69, 9.17) is 9.47 Å². The largest absolute Gasteiger partial charge is 0.486 e. The number of fused-ring (bicyclic) bond motifs is 1. The highest BCUT2D eigenvalue weighted by molar-refractivity contribution is 5.98. The average molecular weight is 405 g/mol. The van der Waals surface area contributed by atoms with Gasteiger partial charge in [0.05, 0.1) is 11.9 Å². The summed E-state index contributed by atoms with van der Waals surface area (Å²) in [7, 11) is 0. The zero-order valence-electron chi connectivity index (χ0n) is 16.5. The molecule has 4 rings (SSSR count). The van der Waals surface area contributed by atoms with E-state index in [1.54, 1.807) is 24.4 Å². The molecule has 7 heteroatoms. The molecule has 2 aromatic carbocycles. The first kappa shape index (κ1) is 19.7. The van der Waals surface area contributed by atoms with E-state index >= 15 is 0 Å². The fourth-order valence-corrected chi connectivity index (χ4v) is 3.23. The Morgan fingerprint density at radius 1 is 1.00 bits per heavy atom. The first-order chi connectivity index (χ1) is 14.7. The third kappa shape index (κ3) is 4.86. The molecule has 1 N–H and O–H groups in total. The molecule has 2 heterocycles. The van der Waals surface area contributed by atoms with Crippen molar-refractivity contribution in [2.45, 2.75) is 19.3 Å². The number of carbonyl (C=O) groups is 2. The lowest BCUT2D eigenvalue weighted by Crippen LogP contribution is -2.26. The second-order valence-electron chi connectivity index (χ2n) is 7.01. The van der Waals surface area contributed by atoms with Gasteiger partial charge in [-0.1, -0.05) is 18.2 Å². The second-order valence-corrected chi connectivity index (χ2v) is 7.01. The fraction of sp³-hybridized carbons (Fsp3) is 0.261. The molecule has 0 fully saturated rings. The summed E-state index contributed by atoms with van der Waals surface area (Å²) in [5.41, 5.74) is 2.55. The van der Waals surface area contributed by atoms with Gasteiger partial charge in [-0.2, -0.15) is 5.10 Å². The van der Waals surface area contributed by atoms with E-state index in [9.17, 15) is 9.59 Å². The smallest absolute Gasteiger partial charge is 0.220 e. The Labute approximate surface area is 174 Å². The molecule has 0 atom stereocenters. The Hall–Kier alpha value is -3.61. The third-order valence-electron chi connectivity index (χ3n) is 4.84. The number of carbonyl (C=O) groups excluding carboxylic acids is 2. The van der Waals surface area contributed by atoms with Gasteiger partial charge in [0, 0.05) is 31.1 Å². The minimum Gasteiger partial charge on any atom is -0.486 e. The van der Waals surface area contributed by atoms with Crippen LogP contribution in [0.5, 0.6) is 11.5 Å². The molecule has 7 nitrogen and oxygen atoms in total. The molecule has 0 radical (unpaired) electrons. The molecule has 0 saturated heterocycles. The van der Waals surface area contributed by atoms with Crippen LogP contribution in [-0.4, -0.2) is 41.2 Å². The quantitative estimate of drug-likeness (QED) is 0.583. The molecule has 1 amide bonds. The fourth-order valence-electron chi connectivity index (χ4n) is 3.23. The molecule has 1 aliphatic heterocycles. The van der Waals surface area contributed by atoms with Crippen LogP contribution in [0.3, 0.4) is 0 Å². The Bertz CT molecular complexity index is 1030. The van der Waals surface area contributed by atoms with Crippen LogP contribution in [0, 0.1) is 0 Å². The van der Waals surface area contributed by atoms with E-state index in [2.05, 4.69) is 10.4 Å². The van der Waals surface area contributed by atoms with Crippen molar-refractivity contribution in [2.75, 3.05) is 19.8 Å². The summed E-state index contributed by atoms with van der Waals surface area (Å²) >= 11 is 0. The van der Waals surface area contributed by atoms with Gasteiger partial charge in [-0.25, -0.2) is 4.68 Å². The van der Waals surface area contributed by atoms with E-state index in [1.165, 1.54) is 0 Å². The molecule has 0 aliphatic carbocycles. The molecule has 154 valence electrons. The van der Waals surface area contributed by atoms with Crippen LogP contribution in [0.4, 0.5) is 0 Å². The second kappa shape index (κ2) is 9.26. The van der Waals surface area contributed by atoms with E-state index in [0.29, 0.717) is 43.2 Å². The number of nitrogens with zero attached hydrogens (tertiary/aromatic N) is 2. The van der Waals surface area contributed by atoms with Crippen LogP contribution < -0.4 is 14.8 Å². The van der Waals surface area contributed by atoms with Crippen molar-refractivity contribution in [3.8, 4) is 17.2 Å². The number of nitrogens with one attached hydrogen (secondary N) is 1. The Balaban J connectivity index is 1.21. The minimum absolute atomic E-state index is 0.0914. The van der Waals surface area contributed by atoms with Gasteiger partial charge >= 0.3 is 0 Å². The number of Topliss-reactive ketones (excluding diaryl/α,β-unsaturated/α-hetero) is 1. The Morgan fingerprint density at radius 2 is 1.80 bits per heavy atom. The van der Waals surface area contributed by atoms with Crippen molar-refractivity contribution in [1.29, 1.82) is 0 Å². The van der Waals surface area contributed by atoms with Gasteiger partial charge in [0.15, 0.2) is 17.3 Å². The molecule has 0 saturated carbocycles. The van der Waals surface area contributed by atoms with E-state index in [0.717, 1.165) is 11.3 Å². The summed E-state index contributed by atoms with van der Waals surface area (Å²) in [6.07, 6.45) is 4.72. The highest BCUT2D eigenvalue weighted by atomic mass is 16.6.